The van der Waals surface area contributed by atoms with E-state index in [4.69, 9.17) is 11.6 Å². The molecule has 32 heavy (non-hydrogen) atoms. The van der Waals surface area contributed by atoms with Gasteiger partial charge in [0.15, 0.2) is 5.65 Å². The second-order valence-electron chi connectivity index (χ2n) is 6.89. The van der Waals surface area contributed by atoms with E-state index in [0.717, 1.165) is 16.5 Å². The molecule has 0 unspecified atom stereocenters. The molecule has 0 bridgehead atoms. The van der Waals surface area contributed by atoms with Crippen molar-refractivity contribution in [3.8, 4) is 16.9 Å². The van der Waals surface area contributed by atoms with Gasteiger partial charge in [-0.1, -0.05) is 61.8 Å². The molecule has 5 rings (SSSR count). The van der Waals surface area contributed by atoms with Gasteiger partial charge in [-0.05, 0) is 53.6 Å². The maximum absolute atomic E-state index is 13.5. The van der Waals surface area contributed by atoms with Gasteiger partial charge in [-0.2, -0.15) is 0 Å². The number of nitrogens with zero attached hydrogens (tertiary/aromatic N) is 2. The van der Waals surface area contributed by atoms with E-state index in [1.165, 1.54) is 10.2 Å². The summed E-state index contributed by atoms with van der Waals surface area (Å²) in [6.07, 6.45) is 1.45. The summed E-state index contributed by atoms with van der Waals surface area (Å²) in [6.45, 7) is 4.00. The lowest BCUT2D eigenvalue weighted by Gasteiger charge is -2.09. The molecule has 0 radical (unpaired) electrons. The lowest BCUT2D eigenvalue weighted by atomic mass is 10.0. The molecule has 0 aliphatic rings. The number of rotatable bonds is 3. The van der Waals surface area contributed by atoms with E-state index in [1.807, 2.05) is 38.1 Å². The minimum Gasteiger partial charge on any atom is -0.508 e. The van der Waals surface area contributed by atoms with Crippen molar-refractivity contribution >= 4 is 43.6 Å². The molecule has 5 aromatic rings. The highest BCUT2D eigenvalue weighted by atomic mass is 35.5. The monoisotopic (exact) mass is 464 g/mol. The maximum Gasteiger partial charge on any atom is 0.269 e. The van der Waals surface area contributed by atoms with Gasteiger partial charge in [0, 0.05) is 17.0 Å². The Bertz CT molecular complexity index is 1510. The zero-order valence-electron chi connectivity index (χ0n) is 17.5. The standard InChI is InChI=1S/C23H15ClN2O3S.C2H6/c24-17-13-21-20-12-16(15-6-9-18(27)10-7-15)8-11-22(20)26(23(21)25-14-17)30(28,29)19-4-2-1-3-5-19;1-2/h1-14,27H;1-2H3. The van der Waals surface area contributed by atoms with E-state index in [1.54, 1.807) is 54.6 Å². The van der Waals surface area contributed by atoms with Crippen LogP contribution in [0.25, 0.3) is 33.1 Å². The van der Waals surface area contributed by atoms with Crippen molar-refractivity contribution in [1.29, 1.82) is 0 Å². The summed E-state index contributed by atoms with van der Waals surface area (Å²) in [6, 6.07) is 22.4. The maximum atomic E-state index is 13.5. The van der Waals surface area contributed by atoms with Crippen LogP contribution >= 0.6 is 11.6 Å². The highest BCUT2D eigenvalue weighted by molar-refractivity contribution is 7.90. The Hall–Kier alpha value is -3.35. The smallest absolute Gasteiger partial charge is 0.269 e. The molecule has 0 amide bonds. The Kier molecular flexibility index (Phi) is 5.91. The van der Waals surface area contributed by atoms with Gasteiger partial charge in [0.25, 0.3) is 10.0 Å². The Morgan fingerprint density at radius 3 is 2.19 bits per heavy atom. The topological polar surface area (TPSA) is 72.2 Å². The van der Waals surface area contributed by atoms with Gasteiger partial charge >= 0.3 is 0 Å². The second kappa shape index (κ2) is 8.65. The van der Waals surface area contributed by atoms with Crippen molar-refractivity contribution in [3.63, 3.8) is 0 Å². The molecule has 0 aliphatic carbocycles. The summed E-state index contributed by atoms with van der Waals surface area (Å²) in [4.78, 5) is 4.53. The number of aromatic hydroxyl groups is 1. The van der Waals surface area contributed by atoms with Crippen molar-refractivity contribution in [2.24, 2.45) is 0 Å². The van der Waals surface area contributed by atoms with Gasteiger partial charge in [-0.25, -0.2) is 17.4 Å². The summed E-state index contributed by atoms with van der Waals surface area (Å²) in [7, 11) is -3.87. The molecule has 0 saturated heterocycles. The SMILES string of the molecule is CC.O=S(=O)(c1ccccc1)n1c2ccc(-c3ccc(O)cc3)cc2c2cc(Cl)cnc21. The van der Waals surface area contributed by atoms with Crippen LogP contribution < -0.4 is 0 Å². The van der Waals surface area contributed by atoms with Crippen molar-refractivity contribution < 1.29 is 13.5 Å². The van der Waals surface area contributed by atoms with Crippen molar-refractivity contribution in [2.75, 3.05) is 0 Å². The Morgan fingerprint density at radius 2 is 1.50 bits per heavy atom. The van der Waals surface area contributed by atoms with Gasteiger partial charge in [0.2, 0.25) is 0 Å². The van der Waals surface area contributed by atoms with Crippen LogP contribution in [0.4, 0.5) is 0 Å². The number of benzene rings is 3. The third-order valence-electron chi connectivity index (χ3n) is 5.01. The van der Waals surface area contributed by atoms with E-state index >= 15 is 0 Å². The van der Waals surface area contributed by atoms with Crippen molar-refractivity contribution in [3.05, 3.63) is 90.1 Å². The molecule has 2 heterocycles. The zero-order valence-corrected chi connectivity index (χ0v) is 19.1. The van der Waals surface area contributed by atoms with Crippen molar-refractivity contribution in [2.45, 2.75) is 18.7 Å². The first-order valence-electron chi connectivity index (χ1n) is 10.1. The number of aromatic nitrogens is 2. The predicted molar refractivity (Wildman–Crippen MR) is 130 cm³/mol. The molecular formula is C25H21ClN2O3S. The Balaban J connectivity index is 0.00000119. The molecule has 0 spiro atoms. The minimum atomic E-state index is -3.87. The van der Waals surface area contributed by atoms with Crippen molar-refractivity contribution in [1.82, 2.24) is 8.96 Å². The summed E-state index contributed by atoms with van der Waals surface area (Å²) in [5.74, 6) is 0.182. The Labute approximate surface area is 191 Å². The molecule has 5 nitrogen and oxygen atoms in total. The third-order valence-corrected chi connectivity index (χ3v) is 6.94. The molecule has 0 aliphatic heterocycles. The summed E-state index contributed by atoms with van der Waals surface area (Å²) < 4.78 is 28.2. The van der Waals surface area contributed by atoms with Crippen LogP contribution in [0.3, 0.4) is 0 Å². The van der Waals surface area contributed by atoms with E-state index in [-0.39, 0.29) is 10.6 Å². The van der Waals surface area contributed by atoms with Crippen LogP contribution in [-0.2, 0) is 10.0 Å². The van der Waals surface area contributed by atoms with Crippen LogP contribution in [0, 0.1) is 0 Å². The number of pyridine rings is 1. The molecule has 162 valence electrons. The largest absolute Gasteiger partial charge is 0.508 e. The summed E-state index contributed by atoms with van der Waals surface area (Å²) in [5, 5.41) is 11.4. The number of halogens is 1. The normalized spacial score (nSPS) is 11.3. The number of fused-ring (bicyclic) bond motifs is 3. The fourth-order valence-corrected chi connectivity index (χ4v) is 5.27. The van der Waals surface area contributed by atoms with Crippen LogP contribution in [0.1, 0.15) is 13.8 Å². The molecule has 0 atom stereocenters. The molecule has 0 fully saturated rings. The number of phenolic OH excluding ortho intramolecular Hbond substituents is 1. The van der Waals surface area contributed by atoms with Gasteiger partial charge < -0.3 is 5.11 Å². The second-order valence-corrected chi connectivity index (χ2v) is 9.11. The molecule has 7 heteroatoms. The van der Waals surface area contributed by atoms with Crippen LogP contribution in [-0.4, -0.2) is 22.5 Å². The first-order valence-corrected chi connectivity index (χ1v) is 12.0. The van der Waals surface area contributed by atoms with Gasteiger partial charge in [0.1, 0.15) is 5.75 Å². The highest BCUT2D eigenvalue weighted by Crippen LogP contribution is 2.35. The zero-order chi connectivity index (χ0) is 22.9. The van der Waals surface area contributed by atoms with E-state index in [0.29, 0.717) is 21.6 Å². The molecular weight excluding hydrogens is 444 g/mol. The van der Waals surface area contributed by atoms with Gasteiger partial charge in [0.05, 0.1) is 15.4 Å². The molecule has 0 saturated carbocycles. The van der Waals surface area contributed by atoms with E-state index in [9.17, 15) is 13.5 Å². The quantitative estimate of drug-likeness (QED) is 0.331. The first kappa shape index (κ1) is 21.9. The third kappa shape index (κ3) is 3.72. The number of hydrogen-bond donors (Lipinski definition) is 1. The summed E-state index contributed by atoms with van der Waals surface area (Å²) >= 11 is 6.18. The number of phenols is 1. The van der Waals surface area contributed by atoms with Crippen LogP contribution in [0.2, 0.25) is 5.02 Å². The lowest BCUT2D eigenvalue weighted by Crippen LogP contribution is -2.13. The van der Waals surface area contributed by atoms with Gasteiger partial charge in [-0.3, -0.25) is 0 Å². The summed E-state index contributed by atoms with van der Waals surface area (Å²) in [5.41, 5.74) is 2.63. The molecule has 2 aromatic heterocycles. The fourth-order valence-electron chi connectivity index (χ4n) is 3.61. The lowest BCUT2D eigenvalue weighted by molar-refractivity contribution is 0.475. The highest BCUT2D eigenvalue weighted by Gasteiger charge is 2.24. The fraction of sp³-hybridized carbons (Fsp3) is 0.0800. The van der Waals surface area contributed by atoms with E-state index < -0.39 is 10.0 Å². The predicted octanol–water partition coefficient (Wildman–Crippen LogP) is 6.48. The first-order chi connectivity index (χ1) is 15.4. The minimum absolute atomic E-state index is 0.182. The van der Waals surface area contributed by atoms with Gasteiger partial charge in [-0.15, -0.1) is 0 Å². The average molecular weight is 465 g/mol. The Morgan fingerprint density at radius 1 is 0.844 bits per heavy atom. The molecule has 3 aromatic carbocycles. The van der Waals surface area contributed by atoms with Crippen LogP contribution in [0.5, 0.6) is 5.75 Å². The van der Waals surface area contributed by atoms with E-state index in [2.05, 4.69) is 4.98 Å². The average Bonchev–Trinajstić information content (AvgIpc) is 3.15. The number of hydrogen-bond acceptors (Lipinski definition) is 4. The molecule has 1 N–H and O–H groups in total. The van der Waals surface area contributed by atoms with Crippen LogP contribution in [0.15, 0.2) is 90.0 Å².